The first kappa shape index (κ1) is 9.63. The Kier molecular flexibility index (Phi) is 1.62. The van der Waals surface area contributed by atoms with E-state index in [4.69, 9.17) is 0 Å². The third-order valence-corrected chi connectivity index (χ3v) is 4.80. The Hall–Kier alpha value is -2.27. The molecule has 0 amide bonds. The summed E-state index contributed by atoms with van der Waals surface area (Å²) in [6, 6.07) is 6.24. The van der Waals surface area contributed by atoms with E-state index in [9.17, 15) is 0 Å². The maximum absolute atomic E-state index is 4.47. The van der Waals surface area contributed by atoms with Gasteiger partial charge in [-0.15, -0.1) is 0 Å². The van der Waals surface area contributed by atoms with Crippen LogP contribution in [0.3, 0.4) is 0 Å². The maximum Gasteiger partial charge on any atom is 0.251 e. The molecule has 5 heterocycles. The Morgan fingerprint density at radius 2 is 2.26 bits per heavy atom. The number of nitrogens with zero attached hydrogens (tertiary/aromatic N) is 4. The van der Waals surface area contributed by atoms with Gasteiger partial charge in [-0.3, -0.25) is 9.97 Å². The van der Waals surface area contributed by atoms with Crippen molar-refractivity contribution in [2.24, 2.45) is 0 Å². The van der Waals surface area contributed by atoms with Crippen molar-refractivity contribution >= 4 is 26.4 Å². The lowest BCUT2D eigenvalue weighted by Gasteiger charge is -1.91. The van der Waals surface area contributed by atoms with E-state index in [0.29, 0.717) is 0 Å². The predicted octanol–water partition coefficient (Wildman–Crippen LogP) is 2.26. The van der Waals surface area contributed by atoms with E-state index in [1.54, 1.807) is 0 Å². The number of pyridine rings is 2. The minimum absolute atomic E-state index is 0.863. The van der Waals surface area contributed by atoms with Crippen LogP contribution >= 0.6 is 11.3 Å². The summed E-state index contributed by atoms with van der Waals surface area (Å²) in [7, 11) is 0. The van der Waals surface area contributed by atoms with Gasteiger partial charge in [-0.2, -0.15) is 4.40 Å². The average Bonchev–Trinajstić information content (AvgIpc) is 3.05. The van der Waals surface area contributed by atoms with Crippen molar-refractivity contribution in [1.82, 2.24) is 14.4 Å². The topological polar surface area (TPSA) is 34.1 Å². The molecule has 0 radical (unpaired) electrons. The second-order valence-corrected chi connectivity index (χ2v) is 5.74. The second kappa shape index (κ2) is 3.19. The summed E-state index contributed by atoms with van der Waals surface area (Å²) in [5, 5.41) is 0. The maximum atomic E-state index is 4.47. The molecule has 5 rings (SSSR count). The summed E-state index contributed by atoms with van der Waals surface area (Å²) in [6.45, 7) is 0.863. The highest BCUT2D eigenvalue weighted by atomic mass is 32.1. The van der Waals surface area contributed by atoms with Gasteiger partial charge in [0, 0.05) is 12.4 Å². The van der Waals surface area contributed by atoms with Gasteiger partial charge in [0.05, 0.1) is 22.2 Å². The molecule has 90 valence electrons. The van der Waals surface area contributed by atoms with Crippen LogP contribution < -0.4 is 4.57 Å². The van der Waals surface area contributed by atoms with Crippen molar-refractivity contribution in [3.05, 3.63) is 48.8 Å². The molecule has 19 heavy (non-hydrogen) atoms. The first-order valence-corrected chi connectivity index (χ1v) is 6.95. The molecular formula is C14H9N4S+. The lowest BCUT2D eigenvalue weighted by molar-refractivity contribution is -0.671. The minimum atomic E-state index is 0.863. The van der Waals surface area contributed by atoms with Crippen LogP contribution in [0, 0.1) is 0 Å². The van der Waals surface area contributed by atoms with E-state index >= 15 is 0 Å². The zero-order chi connectivity index (χ0) is 12.4. The van der Waals surface area contributed by atoms with Crippen LogP contribution in [0.5, 0.6) is 0 Å². The molecule has 1 aliphatic rings. The summed E-state index contributed by atoms with van der Waals surface area (Å²) >= 11 is 1.81. The first-order valence-electron chi connectivity index (χ1n) is 6.13. The molecule has 0 aromatic carbocycles. The largest absolute Gasteiger partial charge is 0.260 e. The SMILES string of the molecule is c1cnc2c(c1)-c1c3sc4ccncc4n3c[n+]1C2. The van der Waals surface area contributed by atoms with E-state index in [1.165, 1.54) is 26.3 Å². The number of thiazole rings is 1. The van der Waals surface area contributed by atoms with Crippen LogP contribution in [0.15, 0.2) is 43.1 Å². The molecule has 0 spiro atoms. The number of fused-ring (bicyclic) bond motifs is 7. The monoisotopic (exact) mass is 265 g/mol. The van der Waals surface area contributed by atoms with E-state index in [2.05, 4.69) is 37.4 Å². The number of aromatic nitrogens is 4. The van der Waals surface area contributed by atoms with Crippen molar-refractivity contribution in [1.29, 1.82) is 0 Å². The normalized spacial score (nSPS) is 13.1. The van der Waals surface area contributed by atoms with Gasteiger partial charge in [0.25, 0.3) is 6.33 Å². The average molecular weight is 265 g/mol. The van der Waals surface area contributed by atoms with E-state index in [1.807, 2.05) is 36.0 Å². The molecule has 1 aliphatic heterocycles. The van der Waals surface area contributed by atoms with E-state index in [-0.39, 0.29) is 0 Å². The van der Waals surface area contributed by atoms with Crippen LogP contribution in [0.4, 0.5) is 0 Å². The molecule has 0 unspecified atom stereocenters. The molecule has 4 nitrogen and oxygen atoms in total. The van der Waals surface area contributed by atoms with Gasteiger partial charge in [-0.05, 0) is 18.2 Å². The number of hydrogen-bond acceptors (Lipinski definition) is 3. The molecule has 5 heteroatoms. The van der Waals surface area contributed by atoms with Crippen molar-refractivity contribution in [2.45, 2.75) is 6.54 Å². The fourth-order valence-electron chi connectivity index (χ4n) is 2.83. The molecule has 0 saturated heterocycles. The van der Waals surface area contributed by atoms with Gasteiger partial charge in [0.2, 0.25) is 4.83 Å². The Bertz CT molecular complexity index is 951. The molecule has 0 atom stereocenters. The minimum Gasteiger partial charge on any atom is -0.260 e. The molecule has 0 bridgehead atoms. The molecule has 4 aromatic rings. The Labute approximate surface area is 112 Å². The van der Waals surface area contributed by atoms with Gasteiger partial charge in [-0.25, -0.2) is 4.57 Å². The van der Waals surface area contributed by atoms with Gasteiger partial charge in [0.1, 0.15) is 6.54 Å². The molecule has 0 saturated carbocycles. The van der Waals surface area contributed by atoms with Crippen molar-refractivity contribution in [3.8, 4) is 11.3 Å². The van der Waals surface area contributed by atoms with Gasteiger partial charge < -0.3 is 0 Å². The van der Waals surface area contributed by atoms with Gasteiger partial charge in [0.15, 0.2) is 11.2 Å². The zero-order valence-corrected chi connectivity index (χ0v) is 10.8. The molecule has 0 N–H and O–H groups in total. The van der Waals surface area contributed by atoms with Crippen LogP contribution in [0.1, 0.15) is 5.69 Å². The lowest BCUT2D eigenvalue weighted by atomic mass is 10.2. The molecule has 0 fully saturated rings. The standard InChI is InChI=1S/C14H9N4S/c1-2-9-10(16-4-1)7-17-8-18-11-6-15-5-3-12(11)19-14(18)13(9)17/h1-6,8H,7H2/q+1. The van der Waals surface area contributed by atoms with Crippen molar-refractivity contribution in [3.63, 3.8) is 0 Å². The van der Waals surface area contributed by atoms with E-state index in [0.717, 1.165) is 12.2 Å². The number of hydrogen-bond donors (Lipinski definition) is 0. The van der Waals surface area contributed by atoms with Crippen LogP contribution in [-0.4, -0.2) is 14.4 Å². The predicted molar refractivity (Wildman–Crippen MR) is 73.1 cm³/mol. The summed E-state index contributed by atoms with van der Waals surface area (Å²) < 4.78 is 5.78. The highest BCUT2D eigenvalue weighted by molar-refractivity contribution is 7.24. The van der Waals surface area contributed by atoms with Crippen LogP contribution in [0.2, 0.25) is 0 Å². The fraction of sp³-hybridized carbons (Fsp3) is 0.0714. The number of rotatable bonds is 0. The highest BCUT2D eigenvalue weighted by Crippen LogP contribution is 2.35. The summed E-state index contributed by atoms with van der Waals surface area (Å²) in [4.78, 5) is 9.97. The van der Waals surface area contributed by atoms with E-state index < -0.39 is 0 Å². The van der Waals surface area contributed by atoms with Gasteiger partial charge >= 0.3 is 0 Å². The quantitative estimate of drug-likeness (QED) is 0.402. The first-order chi connectivity index (χ1) is 9.42. The molecule has 0 aliphatic carbocycles. The Morgan fingerprint density at radius 1 is 1.26 bits per heavy atom. The second-order valence-electron chi connectivity index (χ2n) is 4.71. The molecular weight excluding hydrogens is 256 g/mol. The fourth-order valence-corrected chi connectivity index (χ4v) is 3.99. The Balaban J connectivity index is 1.97. The Morgan fingerprint density at radius 3 is 3.26 bits per heavy atom. The van der Waals surface area contributed by atoms with Crippen LogP contribution in [0.25, 0.3) is 26.3 Å². The third kappa shape index (κ3) is 1.11. The summed E-state index contributed by atoms with van der Waals surface area (Å²) in [5.74, 6) is 0. The van der Waals surface area contributed by atoms with Crippen molar-refractivity contribution < 1.29 is 4.57 Å². The van der Waals surface area contributed by atoms with Crippen molar-refractivity contribution in [2.75, 3.05) is 0 Å². The smallest absolute Gasteiger partial charge is 0.251 e. The van der Waals surface area contributed by atoms with Gasteiger partial charge in [-0.1, -0.05) is 11.3 Å². The highest BCUT2D eigenvalue weighted by Gasteiger charge is 2.31. The van der Waals surface area contributed by atoms with Crippen LogP contribution in [-0.2, 0) is 6.54 Å². The summed E-state index contributed by atoms with van der Waals surface area (Å²) in [6.07, 6.45) is 7.80. The zero-order valence-electron chi connectivity index (χ0n) is 9.95. The number of imidazole rings is 1. The third-order valence-electron chi connectivity index (χ3n) is 3.66. The molecule has 4 aromatic heterocycles. The summed E-state index contributed by atoms with van der Waals surface area (Å²) in [5.41, 5.74) is 4.87. The lowest BCUT2D eigenvalue weighted by Crippen LogP contribution is -2.29.